The summed E-state index contributed by atoms with van der Waals surface area (Å²) in [5, 5.41) is 2.48. The van der Waals surface area contributed by atoms with Crippen LogP contribution in [0.4, 0.5) is 0 Å². The lowest BCUT2D eigenvalue weighted by Crippen LogP contribution is -2.17. The van der Waals surface area contributed by atoms with Crippen LogP contribution in [0.25, 0.3) is 10.8 Å². The molecule has 1 fully saturated rings. The Morgan fingerprint density at radius 3 is 2.65 bits per heavy atom. The Balaban J connectivity index is 2.13. The fourth-order valence-electron chi connectivity index (χ4n) is 2.87. The minimum absolute atomic E-state index is 0.134. The van der Waals surface area contributed by atoms with Crippen molar-refractivity contribution in [1.29, 1.82) is 0 Å². The van der Waals surface area contributed by atoms with E-state index in [-0.39, 0.29) is 5.92 Å². The van der Waals surface area contributed by atoms with Gasteiger partial charge < -0.3 is 0 Å². The van der Waals surface area contributed by atoms with E-state index >= 15 is 0 Å². The van der Waals surface area contributed by atoms with Crippen molar-refractivity contribution < 1.29 is 4.79 Å². The average molecular weight is 224 g/mol. The molecule has 17 heavy (non-hydrogen) atoms. The molecule has 0 heterocycles. The normalized spacial score (nSPS) is 20.7. The van der Waals surface area contributed by atoms with Crippen molar-refractivity contribution in [3.05, 3.63) is 48.0 Å². The zero-order valence-corrected chi connectivity index (χ0v) is 9.86. The third-order valence-electron chi connectivity index (χ3n) is 3.75. The monoisotopic (exact) mass is 224 g/mol. The van der Waals surface area contributed by atoms with Gasteiger partial charge in [-0.15, -0.1) is 0 Å². The molecule has 3 rings (SSSR count). The van der Waals surface area contributed by atoms with E-state index in [0.717, 1.165) is 19.3 Å². The molecule has 1 aliphatic carbocycles. The Morgan fingerprint density at radius 2 is 1.76 bits per heavy atom. The highest BCUT2D eigenvalue weighted by Crippen LogP contribution is 2.34. The third kappa shape index (κ3) is 1.86. The number of benzene rings is 2. The van der Waals surface area contributed by atoms with Crippen molar-refractivity contribution in [1.82, 2.24) is 0 Å². The molecule has 0 saturated heterocycles. The summed E-state index contributed by atoms with van der Waals surface area (Å²) in [5.74, 6) is 0.558. The van der Waals surface area contributed by atoms with E-state index in [1.165, 1.54) is 22.8 Å². The van der Waals surface area contributed by atoms with Gasteiger partial charge in [-0.1, -0.05) is 48.9 Å². The molecule has 0 bridgehead atoms. The first kappa shape index (κ1) is 10.5. The van der Waals surface area contributed by atoms with E-state index in [4.69, 9.17) is 0 Å². The first-order valence-corrected chi connectivity index (χ1v) is 6.36. The minimum atomic E-state index is 0.134. The molecule has 2 aromatic carbocycles. The van der Waals surface area contributed by atoms with Crippen molar-refractivity contribution in [2.24, 2.45) is 0 Å². The van der Waals surface area contributed by atoms with Crippen molar-refractivity contribution in [2.75, 3.05) is 0 Å². The number of Topliss-reactive ketones (excluding diaryl/α,β-unsaturated/α-hetero) is 1. The Hall–Kier alpha value is -1.63. The van der Waals surface area contributed by atoms with Gasteiger partial charge in [0.25, 0.3) is 0 Å². The Morgan fingerprint density at radius 1 is 0.941 bits per heavy atom. The maximum Gasteiger partial charge on any atom is 0.140 e. The maximum absolute atomic E-state index is 12.0. The molecule has 0 aromatic heterocycles. The van der Waals surface area contributed by atoms with Gasteiger partial charge in [0.1, 0.15) is 5.78 Å². The summed E-state index contributed by atoms with van der Waals surface area (Å²) in [6, 6.07) is 14.7. The van der Waals surface area contributed by atoms with Gasteiger partial charge in [-0.05, 0) is 29.2 Å². The van der Waals surface area contributed by atoms with Crippen LogP contribution in [0.3, 0.4) is 0 Å². The largest absolute Gasteiger partial charge is 0.299 e. The lowest BCUT2D eigenvalue weighted by molar-refractivity contribution is -0.121. The summed E-state index contributed by atoms with van der Waals surface area (Å²) >= 11 is 0. The second-order valence-electron chi connectivity index (χ2n) is 4.83. The highest BCUT2D eigenvalue weighted by Gasteiger charge is 2.24. The Labute approximate surface area is 101 Å². The van der Waals surface area contributed by atoms with Gasteiger partial charge in [-0.25, -0.2) is 0 Å². The number of carbonyl (C=O) groups excluding carboxylic acids is 1. The third-order valence-corrected chi connectivity index (χ3v) is 3.75. The zero-order valence-electron chi connectivity index (χ0n) is 9.86. The first-order valence-electron chi connectivity index (χ1n) is 6.36. The van der Waals surface area contributed by atoms with Gasteiger partial charge >= 0.3 is 0 Å². The second-order valence-corrected chi connectivity index (χ2v) is 4.83. The molecule has 1 nitrogen and oxygen atoms in total. The van der Waals surface area contributed by atoms with E-state index in [2.05, 4.69) is 42.5 Å². The van der Waals surface area contributed by atoms with Crippen LogP contribution in [0.2, 0.25) is 0 Å². The standard InChI is InChI=1S/C16H16O/c17-16-11-4-3-9-15(16)14-10-5-7-12-6-1-2-8-13(12)14/h1-2,5-8,10,15H,3-4,9,11H2/t15-/m1/s1. The van der Waals surface area contributed by atoms with E-state index in [1.807, 2.05) is 0 Å². The van der Waals surface area contributed by atoms with Crippen LogP contribution >= 0.6 is 0 Å². The predicted octanol–water partition coefficient (Wildman–Crippen LogP) is 4.07. The summed E-state index contributed by atoms with van der Waals surface area (Å²) < 4.78 is 0. The van der Waals surface area contributed by atoms with E-state index in [1.54, 1.807) is 0 Å². The van der Waals surface area contributed by atoms with Crippen molar-refractivity contribution in [2.45, 2.75) is 31.6 Å². The molecule has 0 unspecified atom stereocenters. The van der Waals surface area contributed by atoms with Crippen molar-refractivity contribution >= 4 is 16.6 Å². The molecule has 1 heteroatoms. The number of rotatable bonds is 1. The molecule has 0 spiro atoms. The lowest BCUT2D eigenvalue weighted by atomic mass is 9.81. The number of carbonyl (C=O) groups is 1. The van der Waals surface area contributed by atoms with Crippen LogP contribution < -0.4 is 0 Å². The highest BCUT2D eigenvalue weighted by atomic mass is 16.1. The molecular weight excluding hydrogens is 208 g/mol. The summed E-state index contributed by atoms with van der Waals surface area (Å²) in [4.78, 5) is 12.0. The van der Waals surface area contributed by atoms with Crippen molar-refractivity contribution in [3.8, 4) is 0 Å². The van der Waals surface area contributed by atoms with Gasteiger partial charge in [-0.2, -0.15) is 0 Å². The average Bonchev–Trinajstić information content (AvgIpc) is 2.39. The molecule has 1 saturated carbocycles. The summed E-state index contributed by atoms with van der Waals surface area (Å²) in [6.45, 7) is 0. The molecule has 0 N–H and O–H groups in total. The number of fused-ring (bicyclic) bond motifs is 1. The topological polar surface area (TPSA) is 17.1 Å². The van der Waals surface area contributed by atoms with Crippen LogP contribution in [0.5, 0.6) is 0 Å². The summed E-state index contributed by atoms with van der Waals surface area (Å²) in [5.41, 5.74) is 1.23. The van der Waals surface area contributed by atoms with Crippen LogP contribution in [0, 0.1) is 0 Å². The molecule has 0 amide bonds. The van der Waals surface area contributed by atoms with Gasteiger partial charge in [0.05, 0.1) is 0 Å². The fraction of sp³-hybridized carbons (Fsp3) is 0.312. The highest BCUT2D eigenvalue weighted by molar-refractivity contribution is 5.94. The maximum atomic E-state index is 12.0. The number of hydrogen-bond donors (Lipinski definition) is 0. The minimum Gasteiger partial charge on any atom is -0.299 e. The Kier molecular flexibility index (Phi) is 2.68. The van der Waals surface area contributed by atoms with Gasteiger partial charge in [0.2, 0.25) is 0 Å². The van der Waals surface area contributed by atoms with Crippen LogP contribution in [-0.2, 0) is 4.79 Å². The molecule has 1 atom stereocenters. The van der Waals surface area contributed by atoms with Gasteiger partial charge in [-0.3, -0.25) is 4.79 Å². The second kappa shape index (κ2) is 4.33. The van der Waals surface area contributed by atoms with Gasteiger partial charge in [0, 0.05) is 12.3 Å². The van der Waals surface area contributed by atoms with E-state index in [0.29, 0.717) is 5.78 Å². The predicted molar refractivity (Wildman–Crippen MR) is 70.2 cm³/mol. The van der Waals surface area contributed by atoms with Crippen LogP contribution in [-0.4, -0.2) is 5.78 Å². The molecule has 0 aliphatic heterocycles. The molecular formula is C16H16O. The van der Waals surface area contributed by atoms with E-state index < -0.39 is 0 Å². The number of hydrogen-bond acceptors (Lipinski definition) is 1. The Bertz CT molecular complexity index is 551. The van der Waals surface area contributed by atoms with Crippen molar-refractivity contribution in [3.63, 3.8) is 0 Å². The molecule has 1 aliphatic rings. The van der Waals surface area contributed by atoms with E-state index in [9.17, 15) is 4.79 Å². The van der Waals surface area contributed by atoms with Gasteiger partial charge in [0.15, 0.2) is 0 Å². The molecule has 86 valence electrons. The van der Waals surface area contributed by atoms with Crippen LogP contribution in [0.15, 0.2) is 42.5 Å². The molecule has 0 radical (unpaired) electrons. The first-order chi connectivity index (χ1) is 8.36. The molecule has 2 aromatic rings. The SMILES string of the molecule is O=C1CCCC[C@@H]1c1cccc2ccccc12. The fourth-order valence-corrected chi connectivity index (χ4v) is 2.87. The smallest absolute Gasteiger partial charge is 0.140 e. The summed E-state index contributed by atoms with van der Waals surface area (Å²) in [7, 11) is 0. The quantitative estimate of drug-likeness (QED) is 0.713. The number of ketones is 1. The zero-order chi connectivity index (χ0) is 11.7. The lowest BCUT2D eigenvalue weighted by Gasteiger charge is -2.22. The van der Waals surface area contributed by atoms with Crippen LogP contribution in [0.1, 0.15) is 37.2 Å². The summed E-state index contributed by atoms with van der Waals surface area (Å²) in [6.07, 6.45) is 4.03.